The van der Waals surface area contributed by atoms with Gasteiger partial charge in [0.1, 0.15) is 0 Å². The fourth-order valence-corrected chi connectivity index (χ4v) is 4.98. The summed E-state index contributed by atoms with van der Waals surface area (Å²) in [6.07, 6.45) is 7.56. The molecule has 0 unspecified atom stereocenters. The van der Waals surface area contributed by atoms with E-state index in [9.17, 15) is 14.4 Å². The Kier molecular flexibility index (Phi) is 8.18. The zero-order valence-electron chi connectivity index (χ0n) is 19.7. The van der Waals surface area contributed by atoms with Crippen molar-refractivity contribution in [3.8, 4) is 5.69 Å². The highest BCUT2D eigenvalue weighted by Gasteiger charge is 2.25. The van der Waals surface area contributed by atoms with E-state index in [0.29, 0.717) is 17.3 Å². The fraction of sp³-hybridized carbons (Fsp3) is 0.583. The van der Waals surface area contributed by atoms with Crippen molar-refractivity contribution >= 4 is 17.5 Å². The summed E-state index contributed by atoms with van der Waals surface area (Å²) in [5.74, 6) is -0.578. The maximum atomic E-state index is 12.7. The molecule has 0 atom stereocenters. The summed E-state index contributed by atoms with van der Waals surface area (Å²) in [4.78, 5) is 42.8. The second kappa shape index (κ2) is 11.3. The number of piperazine rings is 1. The van der Waals surface area contributed by atoms with Crippen LogP contribution in [0.3, 0.4) is 0 Å². The van der Waals surface area contributed by atoms with Crippen molar-refractivity contribution in [1.29, 1.82) is 0 Å². The van der Waals surface area contributed by atoms with E-state index in [1.807, 2.05) is 0 Å². The van der Waals surface area contributed by atoms with Crippen LogP contribution in [0.4, 0.5) is 0 Å². The number of halogens is 1. The third-order valence-corrected chi connectivity index (χ3v) is 7.15. The summed E-state index contributed by atoms with van der Waals surface area (Å²) in [6.45, 7) is 5.67. The predicted octanol–water partition coefficient (Wildman–Crippen LogP) is 1.65. The van der Waals surface area contributed by atoms with Gasteiger partial charge in [-0.3, -0.25) is 19.1 Å². The minimum absolute atomic E-state index is 0.307. The number of hydrogen-bond donors (Lipinski definition) is 1. The molecule has 1 saturated heterocycles. The molecule has 1 N–H and O–H groups in total. The summed E-state index contributed by atoms with van der Waals surface area (Å²) in [7, 11) is 1.34. The minimum Gasteiger partial charge on any atom is -0.350 e. The van der Waals surface area contributed by atoms with Crippen LogP contribution in [0.5, 0.6) is 0 Å². The van der Waals surface area contributed by atoms with Gasteiger partial charge in [-0.1, -0.05) is 30.9 Å². The summed E-state index contributed by atoms with van der Waals surface area (Å²) in [6, 6.07) is 7.21. The van der Waals surface area contributed by atoms with Gasteiger partial charge in [0.25, 0.3) is 11.5 Å². The topological polar surface area (TPSA) is 92.5 Å². The van der Waals surface area contributed by atoms with Gasteiger partial charge < -0.3 is 10.2 Å². The van der Waals surface area contributed by atoms with Crippen LogP contribution in [-0.2, 0) is 7.05 Å². The van der Waals surface area contributed by atoms with Gasteiger partial charge in [0.05, 0.1) is 5.69 Å². The Hall–Kier alpha value is -2.49. The Balaban J connectivity index is 1.29. The smallest absolute Gasteiger partial charge is 0.350 e. The highest BCUT2D eigenvalue weighted by Crippen LogP contribution is 2.23. The zero-order valence-corrected chi connectivity index (χ0v) is 20.5. The third-order valence-electron chi connectivity index (χ3n) is 6.90. The first-order chi connectivity index (χ1) is 16.4. The van der Waals surface area contributed by atoms with Gasteiger partial charge in [-0.25, -0.2) is 4.79 Å². The van der Waals surface area contributed by atoms with E-state index in [2.05, 4.69) is 20.2 Å². The maximum Gasteiger partial charge on any atom is 0.351 e. The molecular formula is C24H33ClN6O3. The van der Waals surface area contributed by atoms with E-state index in [0.717, 1.165) is 54.4 Å². The lowest BCUT2D eigenvalue weighted by molar-refractivity contribution is 0.0779. The molecule has 0 bridgehead atoms. The van der Waals surface area contributed by atoms with Crippen molar-refractivity contribution in [1.82, 2.24) is 29.5 Å². The van der Waals surface area contributed by atoms with Gasteiger partial charge >= 0.3 is 5.69 Å². The molecule has 1 aliphatic carbocycles. The number of rotatable bonds is 7. The van der Waals surface area contributed by atoms with Crippen molar-refractivity contribution in [2.24, 2.45) is 7.05 Å². The molecule has 2 aromatic rings. The lowest BCUT2D eigenvalue weighted by Gasteiger charge is -2.40. The molecule has 1 aliphatic heterocycles. The second-order valence-corrected chi connectivity index (χ2v) is 9.60. The fourth-order valence-electron chi connectivity index (χ4n) is 4.85. The van der Waals surface area contributed by atoms with E-state index in [1.165, 1.54) is 39.2 Å². The van der Waals surface area contributed by atoms with Gasteiger partial charge in [0.15, 0.2) is 0 Å². The molecule has 0 spiro atoms. The van der Waals surface area contributed by atoms with Crippen molar-refractivity contribution in [3.05, 3.63) is 55.8 Å². The first kappa shape index (κ1) is 24.6. The minimum atomic E-state index is -0.716. The molecule has 2 fully saturated rings. The molecule has 9 nitrogen and oxygen atoms in total. The normalized spacial score (nSPS) is 18.2. The molecule has 10 heteroatoms. The highest BCUT2D eigenvalue weighted by atomic mass is 35.5. The van der Waals surface area contributed by atoms with Crippen LogP contribution in [0.1, 0.15) is 49.0 Å². The van der Waals surface area contributed by atoms with E-state index in [4.69, 9.17) is 11.6 Å². The SMILES string of the molecule is Cn1c(=O)c(C(=O)NCCCN2CCN(C3CCCCC3)CC2)nn(-c2ccc(Cl)cc2)c1=O. The molecule has 0 radical (unpaired) electrons. The lowest BCUT2D eigenvalue weighted by atomic mass is 9.94. The van der Waals surface area contributed by atoms with E-state index in [1.54, 1.807) is 24.3 Å². The molecular weight excluding hydrogens is 456 g/mol. The first-order valence-electron chi connectivity index (χ1n) is 12.1. The predicted molar refractivity (Wildman–Crippen MR) is 132 cm³/mol. The average Bonchev–Trinajstić information content (AvgIpc) is 2.87. The number of hydrogen-bond acceptors (Lipinski definition) is 6. The van der Waals surface area contributed by atoms with Crippen molar-refractivity contribution < 1.29 is 4.79 Å². The number of benzene rings is 1. The largest absolute Gasteiger partial charge is 0.351 e. The van der Waals surface area contributed by atoms with Crippen molar-refractivity contribution in [2.75, 3.05) is 39.3 Å². The number of nitrogens with one attached hydrogen (secondary N) is 1. The van der Waals surface area contributed by atoms with Crippen LogP contribution in [0.2, 0.25) is 5.02 Å². The van der Waals surface area contributed by atoms with Gasteiger partial charge in [-0.05, 0) is 50.1 Å². The summed E-state index contributed by atoms with van der Waals surface area (Å²) < 4.78 is 1.93. The monoisotopic (exact) mass is 488 g/mol. The highest BCUT2D eigenvalue weighted by molar-refractivity contribution is 6.30. The molecule has 1 amide bonds. The molecule has 184 valence electrons. The summed E-state index contributed by atoms with van der Waals surface area (Å²) in [5, 5.41) is 7.35. The quantitative estimate of drug-likeness (QED) is 0.596. The van der Waals surface area contributed by atoms with E-state index in [-0.39, 0.29) is 5.69 Å². The average molecular weight is 489 g/mol. The van der Waals surface area contributed by atoms with Gasteiger partial charge in [0, 0.05) is 50.8 Å². The van der Waals surface area contributed by atoms with Gasteiger partial charge in [-0.15, -0.1) is 0 Å². The summed E-state index contributed by atoms with van der Waals surface area (Å²) in [5.41, 5.74) is -1.23. The molecule has 1 aromatic heterocycles. The Morgan fingerprint density at radius 2 is 1.74 bits per heavy atom. The zero-order chi connectivity index (χ0) is 24.1. The van der Waals surface area contributed by atoms with Crippen molar-refractivity contribution in [3.63, 3.8) is 0 Å². The molecule has 34 heavy (non-hydrogen) atoms. The van der Waals surface area contributed by atoms with Gasteiger partial charge in [0.2, 0.25) is 5.69 Å². The van der Waals surface area contributed by atoms with E-state index < -0.39 is 17.2 Å². The standard InChI is InChI=1S/C24H33ClN6O3/c1-28-23(33)21(27-31(24(28)34)20-10-8-18(25)9-11-20)22(32)26-12-5-13-29-14-16-30(17-15-29)19-6-3-2-4-7-19/h8-11,19H,2-7,12-17H2,1H3,(H,26,32). The second-order valence-electron chi connectivity index (χ2n) is 9.16. The Bertz CT molecular complexity index is 1100. The Labute approximate surface area is 204 Å². The lowest BCUT2D eigenvalue weighted by Crippen LogP contribution is -2.51. The Morgan fingerprint density at radius 1 is 1.06 bits per heavy atom. The summed E-state index contributed by atoms with van der Waals surface area (Å²) >= 11 is 5.91. The Morgan fingerprint density at radius 3 is 2.41 bits per heavy atom. The number of aromatic nitrogens is 3. The van der Waals surface area contributed by atoms with Crippen LogP contribution in [0, 0.1) is 0 Å². The first-order valence-corrected chi connectivity index (χ1v) is 12.5. The number of nitrogens with zero attached hydrogens (tertiary/aromatic N) is 5. The van der Waals surface area contributed by atoms with Crippen LogP contribution >= 0.6 is 11.6 Å². The molecule has 2 heterocycles. The third kappa shape index (κ3) is 5.76. The number of carbonyl (C=O) groups is 1. The van der Waals surface area contributed by atoms with E-state index >= 15 is 0 Å². The molecule has 1 aromatic carbocycles. The van der Waals surface area contributed by atoms with Crippen molar-refractivity contribution in [2.45, 2.75) is 44.6 Å². The molecule has 4 rings (SSSR count). The molecule has 1 saturated carbocycles. The molecule has 2 aliphatic rings. The number of carbonyl (C=O) groups excluding carboxylic acids is 1. The maximum absolute atomic E-state index is 12.7. The van der Waals surface area contributed by atoms with Crippen LogP contribution in [-0.4, -0.2) is 75.4 Å². The van der Waals surface area contributed by atoms with Gasteiger partial charge in [-0.2, -0.15) is 9.78 Å². The van der Waals surface area contributed by atoms with Crippen LogP contribution in [0.25, 0.3) is 5.69 Å². The van der Waals surface area contributed by atoms with Crippen LogP contribution in [0.15, 0.2) is 33.9 Å². The van der Waals surface area contributed by atoms with Crippen LogP contribution < -0.4 is 16.6 Å². The number of amides is 1.